The molecule has 0 amide bonds. The zero-order chi connectivity index (χ0) is 13.1. The van der Waals surface area contributed by atoms with Gasteiger partial charge in [-0.05, 0) is 31.6 Å². The topological polar surface area (TPSA) is 46.5 Å². The van der Waals surface area contributed by atoms with Gasteiger partial charge in [-0.1, -0.05) is 20.8 Å². The number of aliphatic hydroxyl groups is 1. The van der Waals surface area contributed by atoms with E-state index in [0.717, 1.165) is 25.7 Å². The Morgan fingerprint density at radius 2 is 2.00 bits per heavy atom. The molecule has 18 heavy (non-hydrogen) atoms. The van der Waals surface area contributed by atoms with Gasteiger partial charge >= 0.3 is 5.97 Å². The van der Waals surface area contributed by atoms with Crippen molar-refractivity contribution in [2.45, 2.75) is 58.7 Å². The molecule has 0 bridgehead atoms. The van der Waals surface area contributed by atoms with E-state index in [2.05, 4.69) is 13.8 Å². The molecule has 2 aliphatic carbocycles. The molecule has 3 fully saturated rings. The zero-order valence-electron chi connectivity index (χ0n) is 11.6. The molecular weight excluding hydrogens is 228 g/mol. The highest BCUT2D eigenvalue weighted by Crippen LogP contribution is 2.57. The van der Waals surface area contributed by atoms with Crippen LogP contribution in [0.15, 0.2) is 0 Å². The van der Waals surface area contributed by atoms with Gasteiger partial charge in [-0.25, -0.2) is 0 Å². The molecule has 0 aromatic rings. The number of hydrogen-bond donors (Lipinski definition) is 1. The number of carbonyl (C=O) groups excluding carboxylic acids is 1. The van der Waals surface area contributed by atoms with E-state index in [1.807, 2.05) is 6.92 Å². The summed E-state index contributed by atoms with van der Waals surface area (Å²) >= 11 is 0. The molecule has 0 aromatic carbocycles. The predicted molar refractivity (Wildman–Crippen MR) is 67.8 cm³/mol. The molecule has 102 valence electrons. The summed E-state index contributed by atoms with van der Waals surface area (Å²) in [7, 11) is 0. The van der Waals surface area contributed by atoms with Gasteiger partial charge in [0.2, 0.25) is 0 Å². The molecule has 0 unspecified atom stereocenters. The van der Waals surface area contributed by atoms with Crippen LogP contribution in [0.4, 0.5) is 0 Å². The van der Waals surface area contributed by atoms with Crippen LogP contribution < -0.4 is 0 Å². The SMILES string of the molecule is C[C@@H]1C(=O)O[C@H]2[C@H]1CC[C@]1(C)[C@@H]2[C@@H](C)CC[C@H]1O. The fourth-order valence-electron chi connectivity index (χ4n) is 4.85. The summed E-state index contributed by atoms with van der Waals surface area (Å²) in [6.07, 6.45) is 3.83. The van der Waals surface area contributed by atoms with Crippen molar-refractivity contribution < 1.29 is 14.6 Å². The Balaban J connectivity index is 1.95. The average molecular weight is 252 g/mol. The number of rotatable bonds is 0. The molecule has 1 heterocycles. The lowest BCUT2D eigenvalue weighted by Gasteiger charge is -2.54. The normalized spacial score (nSPS) is 55.7. The van der Waals surface area contributed by atoms with E-state index in [4.69, 9.17) is 4.74 Å². The maximum absolute atomic E-state index is 11.8. The summed E-state index contributed by atoms with van der Waals surface area (Å²) < 4.78 is 5.68. The van der Waals surface area contributed by atoms with E-state index in [1.54, 1.807) is 0 Å². The highest BCUT2D eigenvalue weighted by Gasteiger charge is 2.59. The van der Waals surface area contributed by atoms with Crippen LogP contribution in [0.3, 0.4) is 0 Å². The number of fused-ring (bicyclic) bond motifs is 3. The van der Waals surface area contributed by atoms with Crippen molar-refractivity contribution >= 4 is 5.97 Å². The molecule has 1 N–H and O–H groups in total. The Hall–Kier alpha value is -0.570. The minimum absolute atomic E-state index is 0.0264. The fraction of sp³-hybridized carbons (Fsp3) is 0.933. The molecule has 3 nitrogen and oxygen atoms in total. The second-order valence-electron chi connectivity index (χ2n) is 6.99. The molecule has 1 aliphatic heterocycles. The van der Waals surface area contributed by atoms with Crippen LogP contribution in [0.2, 0.25) is 0 Å². The Morgan fingerprint density at radius 3 is 2.72 bits per heavy atom. The summed E-state index contributed by atoms with van der Waals surface area (Å²) in [5.41, 5.74) is -0.0524. The molecule has 3 heteroatoms. The first-order chi connectivity index (χ1) is 8.45. The highest BCUT2D eigenvalue weighted by atomic mass is 16.6. The third kappa shape index (κ3) is 1.49. The third-order valence-electron chi connectivity index (χ3n) is 6.09. The molecule has 0 radical (unpaired) electrons. The van der Waals surface area contributed by atoms with Gasteiger partial charge in [-0.15, -0.1) is 0 Å². The molecule has 7 atom stereocenters. The maximum Gasteiger partial charge on any atom is 0.309 e. The number of ether oxygens (including phenoxy) is 1. The minimum Gasteiger partial charge on any atom is -0.462 e. The van der Waals surface area contributed by atoms with Crippen molar-refractivity contribution in [1.29, 1.82) is 0 Å². The molecule has 1 saturated heterocycles. The molecule has 2 saturated carbocycles. The Kier molecular flexibility index (Phi) is 2.74. The van der Waals surface area contributed by atoms with Crippen LogP contribution in [-0.4, -0.2) is 23.3 Å². The van der Waals surface area contributed by atoms with Gasteiger partial charge in [0.15, 0.2) is 0 Å². The molecule has 3 rings (SSSR count). The van der Waals surface area contributed by atoms with Gasteiger partial charge in [0.25, 0.3) is 0 Å². The van der Waals surface area contributed by atoms with Gasteiger partial charge < -0.3 is 9.84 Å². The van der Waals surface area contributed by atoms with Crippen LogP contribution in [0.25, 0.3) is 0 Å². The summed E-state index contributed by atoms with van der Waals surface area (Å²) in [6.45, 7) is 6.46. The Bertz CT molecular complexity index is 367. The van der Waals surface area contributed by atoms with Crippen molar-refractivity contribution in [3.8, 4) is 0 Å². The second-order valence-corrected chi connectivity index (χ2v) is 6.99. The lowest BCUT2D eigenvalue weighted by molar-refractivity contribution is -0.166. The van der Waals surface area contributed by atoms with E-state index < -0.39 is 0 Å². The number of esters is 1. The molecular formula is C15H24O3. The summed E-state index contributed by atoms with van der Waals surface area (Å²) in [6, 6.07) is 0. The lowest BCUT2D eigenvalue weighted by Crippen LogP contribution is -2.55. The zero-order valence-corrected chi connectivity index (χ0v) is 11.6. The van der Waals surface area contributed by atoms with Crippen LogP contribution in [0.1, 0.15) is 46.5 Å². The van der Waals surface area contributed by atoms with Crippen LogP contribution in [-0.2, 0) is 9.53 Å². The van der Waals surface area contributed by atoms with Crippen molar-refractivity contribution in [3.05, 3.63) is 0 Å². The Morgan fingerprint density at radius 1 is 1.28 bits per heavy atom. The second kappa shape index (κ2) is 3.96. The van der Waals surface area contributed by atoms with E-state index in [9.17, 15) is 9.90 Å². The van der Waals surface area contributed by atoms with Gasteiger partial charge in [0, 0.05) is 17.3 Å². The standard InChI is InChI=1S/C15H24O3/c1-8-4-5-11(16)15(3)7-6-10-9(2)14(17)18-13(10)12(8)15/h8-13,16H,4-7H2,1-3H3/t8-,9-,10-,11+,12+,13-,15-/m0/s1. The van der Waals surface area contributed by atoms with Gasteiger partial charge in [-0.3, -0.25) is 4.79 Å². The highest BCUT2D eigenvalue weighted by molar-refractivity contribution is 5.75. The van der Waals surface area contributed by atoms with Gasteiger partial charge in [0.05, 0.1) is 12.0 Å². The first-order valence-corrected chi connectivity index (χ1v) is 7.33. The predicted octanol–water partition coefficient (Wildman–Crippen LogP) is 2.37. The van der Waals surface area contributed by atoms with Crippen LogP contribution >= 0.6 is 0 Å². The largest absolute Gasteiger partial charge is 0.462 e. The van der Waals surface area contributed by atoms with Crippen molar-refractivity contribution in [3.63, 3.8) is 0 Å². The van der Waals surface area contributed by atoms with Crippen LogP contribution in [0, 0.1) is 29.1 Å². The van der Waals surface area contributed by atoms with Crippen molar-refractivity contribution in [1.82, 2.24) is 0 Å². The van der Waals surface area contributed by atoms with Crippen molar-refractivity contribution in [2.24, 2.45) is 29.1 Å². The van der Waals surface area contributed by atoms with E-state index in [1.165, 1.54) is 0 Å². The first kappa shape index (κ1) is 12.5. The van der Waals surface area contributed by atoms with Gasteiger partial charge in [0.1, 0.15) is 6.10 Å². The minimum atomic E-state index is -0.228. The van der Waals surface area contributed by atoms with Gasteiger partial charge in [-0.2, -0.15) is 0 Å². The molecule has 0 aromatic heterocycles. The summed E-state index contributed by atoms with van der Waals surface area (Å²) in [5, 5.41) is 10.4. The van der Waals surface area contributed by atoms with E-state index >= 15 is 0 Å². The maximum atomic E-state index is 11.8. The lowest BCUT2D eigenvalue weighted by atomic mass is 9.52. The quantitative estimate of drug-likeness (QED) is 0.673. The third-order valence-corrected chi connectivity index (χ3v) is 6.09. The Labute approximate surface area is 109 Å². The summed E-state index contributed by atoms with van der Waals surface area (Å²) in [5.74, 6) is 1.29. The van der Waals surface area contributed by atoms with Crippen LogP contribution in [0.5, 0.6) is 0 Å². The average Bonchev–Trinajstić information content (AvgIpc) is 2.60. The first-order valence-electron chi connectivity index (χ1n) is 7.33. The molecule has 0 spiro atoms. The summed E-state index contributed by atoms with van der Waals surface area (Å²) in [4.78, 5) is 11.8. The fourth-order valence-corrected chi connectivity index (χ4v) is 4.85. The number of aliphatic hydroxyl groups excluding tert-OH is 1. The number of hydrogen-bond acceptors (Lipinski definition) is 3. The van der Waals surface area contributed by atoms with Crippen molar-refractivity contribution in [2.75, 3.05) is 0 Å². The smallest absolute Gasteiger partial charge is 0.309 e. The number of carbonyl (C=O) groups is 1. The molecule has 3 aliphatic rings. The monoisotopic (exact) mass is 252 g/mol. The van der Waals surface area contributed by atoms with E-state index in [0.29, 0.717) is 17.8 Å². The van der Waals surface area contributed by atoms with E-state index in [-0.39, 0.29) is 29.5 Å².